The van der Waals surface area contributed by atoms with E-state index >= 15 is 0 Å². The number of halogens is 2. The Bertz CT molecular complexity index is 5830. The van der Waals surface area contributed by atoms with Gasteiger partial charge in [-0.1, -0.05) is 12.1 Å². The second-order valence-electron chi connectivity index (χ2n) is 28.0. The van der Waals surface area contributed by atoms with Gasteiger partial charge in [-0.15, -0.1) is 34.0 Å². The molecule has 3 aliphatic rings. The lowest BCUT2D eigenvalue weighted by atomic mass is 10.1. The van der Waals surface area contributed by atoms with E-state index in [0.29, 0.717) is 131 Å². The second kappa shape index (κ2) is 37.2. The molecule has 26 nitrogen and oxygen atoms in total. The van der Waals surface area contributed by atoms with Gasteiger partial charge in [-0.2, -0.15) is 15.3 Å². The summed E-state index contributed by atoms with van der Waals surface area (Å²) < 4.78 is 86.3. The van der Waals surface area contributed by atoms with Crippen molar-refractivity contribution in [1.29, 1.82) is 0 Å². The molecule has 0 spiro atoms. The normalized spacial score (nSPS) is 14.1. The van der Waals surface area contributed by atoms with E-state index in [1.54, 1.807) is 46.1 Å². The zero-order chi connectivity index (χ0) is 80.0. The first kappa shape index (κ1) is 78.8. The first-order valence-corrected chi connectivity index (χ1v) is 41.0. The van der Waals surface area contributed by atoms with Crippen LogP contribution in [0.3, 0.4) is 0 Å². The number of ether oxygens (including phenoxy) is 9. The Morgan fingerprint density at radius 2 is 0.829 bits per heavy atom. The largest absolute Gasteiger partial charge is 0.488 e. The van der Waals surface area contributed by atoms with Crippen LogP contribution >= 0.6 is 34.0 Å². The Balaban J connectivity index is 0.000000131. The Morgan fingerprint density at radius 1 is 0.402 bits per heavy atom. The molecule has 0 saturated carbocycles. The molecule has 12 heterocycles. The van der Waals surface area contributed by atoms with Crippen molar-refractivity contribution in [1.82, 2.24) is 69.0 Å². The van der Waals surface area contributed by atoms with Crippen molar-refractivity contribution in [2.45, 2.75) is 72.1 Å². The van der Waals surface area contributed by atoms with Gasteiger partial charge in [0.15, 0.2) is 16.9 Å². The Hall–Kier alpha value is -12.1. The van der Waals surface area contributed by atoms with Crippen LogP contribution in [-0.2, 0) is 47.1 Å². The highest BCUT2D eigenvalue weighted by molar-refractivity contribution is 7.12. The fraction of sp³-hybridized carbons (Fsp3) is 0.267. The van der Waals surface area contributed by atoms with Gasteiger partial charge in [0, 0.05) is 143 Å². The minimum absolute atomic E-state index is 0.185. The molecule has 0 bridgehead atoms. The zero-order valence-corrected chi connectivity index (χ0v) is 66.8. The van der Waals surface area contributed by atoms with Crippen LogP contribution in [0.5, 0.6) is 51.7 Å². The van der Waals surface area contributed by atoms with Crippen molar-refractivity contribution in [2.24, 2.45) is 0 Å². The predicted molar refractivity (Wildman–Crippen MR) is 449 cm³/mol. The summed E-state index contributed by atoms with van der Waals surface area (Å²) in [5, 5.41) is 18.9. The molecule has 9 aromatic heterocycles. The summed E-state index contributed by atoms with van der Waals surface area (Å²) >= 11 is 4.98. The fourth-order valence-corrected chi connectivity index (χ4v) is 16.1. The number of morpholine rings is 2. The van der Waals surface area contributed by atoms with Crippen LogP contribution in [-0.4, -0.2) is 148 Å². The van der Waals surface area contributed by atoms with E-state index in [2.05, 4.69) is 45.8 Å². The molecule has 3 saturated heterocycles. The Labute approximate surface area is 684 Å². The molecule has 0 unspecified atom stereocenters. The molecule has 117 heavy (non-hydrogen) atoms. The molecular weight excluding hydrogens is 1550 g/mol. The first-order chi connectivity index (χ1) is 57.3. The van der Waals surface area contributed by atoms with Gasteiger partial charge in [0.25, 0.3) is 0 Å². The van der Waals surface area contributed by atoms with Gasteiger partial charge >= 0.3 is 0 Å². The van der Waals surface area contributed by atoms with E-state index in [9.17, 15) is 8.78 Å². The zero-order valence-electron chi connectivity index (χ0n) is 64.3. The molecule has 6 aromatic carbocycles. The van der Waals surface area contributed by atoms with Crippen LogP contribution in [0, 0.1) is 25.5 Å². The predicted octanol–water partition coefficient (Wildman–Crippen LogP) is 16.8. The highest BCUT2D eigenvalue weighted by Crippen LogP contribution is 2.39. The van der Waals surface area contributed by atoms with Crippen LogP contribution in [0.25, 0.3) is 66.9 Å². The van der Waals surface area contributed by atoms with Crippen molar-refractivity contribution in [2.75, 3.05) is 96.1 Å². The van der Waals surface area contributed by atoms with E-state index in [1.807, 2.05) is 161 Å². The average Bonchev–Trinajstić information content (AvgIpc) is 1.64. The molecule has 3 fully saturated rings. The summed E-state index contributed by atoms with van der Waals surface area (Å²) in [6.45, 7) is 16.8. The SMILES string of the molecule is Cc1ccc(COc2cc(F)cc(Oc3ccc(-c4nn(C5CCOCC5)c5ncnc(N)c45)cc3)c2)s1.Cc1ccc(COc2cc(F)cc(Oc3ccc(-c4nn(CCN5CCOCC5)c5ncnc(N)c45)cc3)c2)s1.Nc1ncnc2c1c(-c1ccc(Oc3cccc(OCc4cccs4)c3)cc1)nn2CCCN1CCOCC1. The number of hydrogen-bond acceptors (Lipinski definition) is 26. The molecule has 0 atom stereocenters. The molecule has 0 aliphatic carbocycles. The summed E-state index contributed by atoms with van der Waals surface area (Å²) in [7, 11) is 0. The van der Waals surface area contributed by atoms with Crippen molar-refractivity contribution in [3.8, 4) is 85.5 Å². The Kier molecular flexibility index (Phi) is 25.1. The molecule has 3 aliphatic heterocycles. The molecule has 0 amide bonds. The number of fused-ring (bicyclic) bond motifs is 3. The van der Waals surface area contributed by atoms with Gasteiger partial charge in [-0.25, -0.2) is 52.7 Å². The molecule has 600 valence electrons. The molecule has 31 heteroatoms. The number of nitrogens with zero attached hydrogens (tertiary/aromatic N) is 14. The third kappa shape index (κ3) is 19.9. The second-order valence-corrected chi connectivity index (χ2v) is 31.8. The van der Waals surface area contributed by atoms with Crippen LogP contribution < -0.4 is 45.6 Å². The maximum Gasteiger partial charge on any atom is 0.164 e. The number of thiophene rings is 3. The average molecular weight is 1630 g/mol. The summed E-state index contributed by atoms with van der Waals surface area (Å²) in [6.07, 6.45) is 7.11. The van der Waals surface area contributed by atoms with E-state index in [-0.39, 0.29) is 6.04 Å². The van der Waals surface area contributed by atoms with Gasteiger partial charge < -0.3 is 59.8 Å². The maximum atomic E-state index is 14.3. The van der Waals surface area contributed by atoms with Crippen molar-refractivity contribution < 1.29 is 51.4 Å². The monoisotopic (exact) mass is 1630 g/mol. The number of nitrogen functional groups attached to an aromatic ring is 3. The lowest BCUT2D eigenvalue weighted by molar-refractivity contribution is 0.0361. The number of aromatic nitrogens is 12. The minimum Gasteiger partial charge on any atom is -0.488 e. The van der Waals surface area contributed by atoms with Gasteiger partial charge in [0.2, 0.25) is 0 Å². The van der Waals surface area contributed by atoms with Crippen LogP contribution in [0.4, 0.5) is 26.2 Å². The van der Waals surface area contributed by atoms with E-state index in [4.69, 9.17) is 75.1 Å². The fourth-order valence-electron chi connectivity index (χ4n) is 13.9. The third-order valence-corrected chi connectivity index (χ3v) is 22.6. The van der Waals surface area contributed by atoms with Gasteiger partial charge in [0.05, 0.1) is 55.2 Å². The van der Waals surface area contributed by atoms with Gasteiger partial charge in [0.1, 0.15) is 137 Å². The first-order valence-electron chi connectivity index (χ1n) is 38.5. The minimum atomic E-state index is -0.434. The third-order valence-electron chi connectivity index (χ3n) is 19.8. The van der Waals surface area contributed by atoms with Crippen LogP contribution in [0.2, 0.25) is 0 Å². The summed E-state index contributed by atoms with van der Waals surface area (Å²) in [6, 6.07) is 51.4. The highest BCUT2D eigenvalue weighted by Gasteiger charge is 2.26. The summed E-state index contributed by atoms with van der Waals surface area (Å²) in [5.74, 6) is 5.11. The number of aryl methyl sites for hydroxylation is 3. The number of anilines is 3. The lowest BCUT2D eigenvalue weighted by Crippen LogP contribution is -2.38. The van der Waals surface area contributed by atoms with Crippen molar-refractivity contribution >= 4 is 84.6 Å². The van der Waals surface area contributed by atoms with E-state index in [0.717, 1.165) is 146 Å². The number of hydrogen-bond donors (Lipinski definition) is 3. The van der Waals surface area contributed by atoms with E-state index < -0.39 is 11.6 Å². The molecule has 18 rings (SSSR count). The standard InChI is InChI=1S/C29H29FN6O3S.C29H30N6O3S.C28H26FN5O3S/c1-19-2-7-25(40-19)17-38-23-14-21(30)15-24(16-23)39-22-5-3-20(4-6-22)27-26-28(31)32-18-33-29(26)36(34-27)9-8-35-10-12-37-13-11-35;30-28-26-27(33-35(29(26)32-20-31-28)12-3-11-34-13-15-36-16-14-34)21-7-9-22(10-8-21)38-24-5-1-4-23(18-24)37-19-25-6-2-17-39-25;1-17-2-7-24(38-17)15-36-22-12-19(29)13-23(14-22)37-21-5-3-18(4-6-21)26-25-27(30)31-16-32-28(25)34(33-26)20-8-10-35-11-9-20/h2-7,14-16,18H,8-13,17H2,1H3,(H2,31,32,33);1-2,4-10,17-18,20H,3,11-16,19H2,(H2,30,31,32);2-7,12-14,16,20H,8-11,15H2,1H3,(H2,30,31,32). The summed E-state index contributed by atoms with van der Waals surface area (Å²) in [4.78, 5) is 36.6. The van der Waals surface area contributed by atoms with Crippen molar-refractivity contribution in [3.05, 3.63) is 230 Å². The number of benzene rings is 6. The molecule has 15 aromatic rings. The van der Waals surface area contributed by atoms with E-state index in [1.165, 1.54) is 57.9 Å². The number of nitrogens with two attached hydrogens (primary N) is 3. The van der Waals surface area contributed by atoms with Crippen molar-refractivity contribution in [3.63, 3.8) is 0 Å². The van der Waals surface area contributed by atoms with Gasteiger partial charge in [-0.3, -0.25) is 9.80 Å². The summed E-state index contributed by atoms with van der Waals surface area (Å²) in [5.41, 5.74) is 25.8. The van der Waals surface area contributed by atoms with Crippen LogP contribution in [0.1, 0.15) is 49.7 Å². The molecular formula is C86H85F2N17O9S3. The maximum absolute atomic E-state index is 14.3. The Morgan fingerprint density at radius 3 is 1.32 bits per heavy atom. The molecule has 0 radical (unpaired) electrons. The topological polar surface area (TPSA) is 298 Å². The lowest BCUT2D eigenvalue weighted by Gasteiger charge is -2.26. The van der Waals surface area contributed by atoms with Gasteiger partial charge in [-0.05, 0) is 154 Å². The highest BCUT2D eigenvalue weighted by atomic mass is 32.1. The smallest absolute Gasteiger partial charge is 0.164 e. The molecule has 6 N–H and O–H groups in total. The quantitative estimate of drug-likeness (QED) is 0.0454. The number of rotatable bonds is 26. The van der Waals surface area contributed by atoms with Crippen LogP contribution in [0.15, 0.2) is 194 Å².